The number of benzene rings is 1. The molecule has 2 aromatic rings. The smallest absolute Gasteiger partial charge is 0.207 e. The van der Waals surface area contributed by atoms with Crippen molar-refractivity contribution in [3.8, 4) is 11.4 Å². The largest absolute Gasteiger partial charge is 0.491 e. The van der Waals surface area contributed by atoms with Crippen LogP contribution < -0.4 is 10.1 Å². The van der Waals surface area contributed by atoms with Gasteiger partial charge in [-0.05, 0) is 38.1 Å². The number of methoxy groups -OCH3 is 1. The average molecular weight is 275 g/mol. The molecule has 20 heavy (non-hydrogen) atoms. The maximum absolute atomic E-state index is 5.64. The molecule has 0 aliphatic carbocycles. The van der Waals surface area contributed by atoms with Crippen LogP contribution in [0.25, 0.3) is 5.69 Å². The first-order valence-electron chi connectivity index (χ1n) is 6.74. The van der Waals surface area contributed by atoms with E-state index in [0.717, 1.165) is 23.9 Å². The van der Waals surface area contributed by atoms with Gasteiger partial charge >= 0.3 is 0 Å². The van der Waals surface area contributed by atoms with Gasteiger partial charge in [0.05, 0.1) is 12.7 Å². The van der Waals surface area contributed by atoms with E-state index < -0.39 is 0 Å². The van der Waals surface area contributed by atoms with E-state index in [1.54, 1.807) is 13.3 Å². The summed E-state index contributed by atoms with van der Waals surface area (Å²) in [6.45, 7) is 5.40. The highest BCUT2D eigenvalue weighted by molar-refractivity contribution is 5.44. The van der Waals surface area contributed by atoms with Gasteiger partial charge in [-0.1, -0.05) is 0 Å². The summed E-state index contributed by atoms with van der Waals surface area (Å²) in [5.41, 5.74) is 1.04. The number of hydrogen-bond donors (Lipinski definition) is 1. The Balaban J connectivity index is 2.09. The van der Waals surface area contributed by atoms with E-state index in [9.17, 15) is 0 Å². The quantitative estimate of drug-likeness (QED) is 0.789. The fraction of sp³-hybridized carbons (Fsp3) is 0.400. The highest BCUT2D eigenvalue weighted by atomic mass is 16.5. The third kappa shape index (κ3) is 3.74. The van der Waals surface area contributed by atoms with Gasteiger partial charge in [-0.2, -0.15) is 0 Å². The van der Waals surface area contributed by atoms with E-state index in [1.807, 2.05) is 48.9 Å². The number of hydrogen-bond acceptors (Lipinski definition) is 4. The van der Waals surface area contributed by atoms with Gasteiger partial charge in [-0.15, -0.1) is 0 Å². The van der Waals surface area contributed by atoms with Gasteiger partial charge in [0.2, 0.25) is 5.95 Å². The second kappa shape index (κ2) is 6.96. The molecule has 2 rings (SSSR count). The van der Waals surface area contributed by atoms with Gasteiger partial charge in [0.1, 0.15) is 5.75 Å². The fourth-order valence-corrected chi connectivity index (χ4v) is 1.86. The van der Waals surface area contributed by atoms with E-state index in [2.05, 4.69) is 10.3 Å². The third-order valence-electron chi connectivity index (χ3n) is 2.72. The molecule has 0 spiro atoms. The molecule has 0 aliphatic rings. The van der Waals surface area contributed by atoms with Crippen molar-refractivity contribution < 1.29 is 9.47 Å². The minimum atomic E-state index is 0.181. The first-order valence-corrected chi connectivity index (χ1v) is 6.74. The molecule has 0 fully saturated rings. The lowest BCUT2D eigenvalue weighted by Gasteiger charge is -2.12. The van der Waals surface area contributed by atoms with Crippen LogP contribution in [0, 0.1) is 0 Å². The number of imidazole rings is 1. The standard InChI is InChI=1S/C15H21N3O2/c1-12(2)20-14-6-4-13(5-7-14)18-10-8-16-15(18)17-9-11-19-3/h4-8,10,12H,9,11H2,1-3H3,(H,16,17). The van der Waals surface area contributed by atoms with Crippen LogP contribution >= 0.6 is 0 Å². The SMILES string of the molecule is COCCNc1nccn1-c1ccc(OC(C)C)cc1. The van der Waals surface area contributed by atoms with Crippen LogP contribution in [0.2, 0.25) is 0 Å². The average Bonchev–Trinajstić information content (AvgIpc) is 2.88. The molecule has 0 aliphatic heterocycles. The van der Waals surface area contributed by atoms with Crippen molar-refractivity contribution in [3.63, 3.8) is 0 Å². The molecule has 0 unspecified atom stereocenters. The zero-order valence-electron chi connectivity index (χ0n) is 12.2. The predicted molar refractivity (Wildman–Crippen MR) is 79.7 cm³/mol. The topological polar surface area (TPSA) is 48.3 Å². The van der Waals surface area contributed by atoms with Crippen molar-refractivity contribution in [2.24, 2.45) is 0 Å². The molecule has 0 bridgehead atoms. The Labute approximate surface area is 119 Å². The van der Waals surface area contributed by atoms with Crippen molar-refractivity contribution in [2.45, 2.75) is 20.0 Å². The van der Waals surface area contributed by atoms with Gasteiger partial charge in [0.25, 0.3) is 0 Å². The Morgan fingerprint density at radius 1 is 1.25 bits per heavy atom. The van der Waals surface area contributed by atoms with Crippen LogP contribution in [-0.2, 0) is 4.74 Å². The molecule has 108 valence electrons. The lowest BCUT2D eigenvalue weighted by Crippen LogP contribution is -2.11. The number of ether oxygens (including phenoxy) is 2. The molecule has 5 heteroatoms. The van der Waals surface area contributed by atoms with E-state index in [4.69, 9.17) is 9.47 Å². The van der Waals surface area contributed by atoms with Crippen molar-refractivity contribution >= 4 is 5.95 Å². The first kappa shape index (κ1) is 14.4. The molecule has 5 nitrogen and oxygen atoms in total. The van der Waals surface area contributed by atoms with E-state index in [1.165, 1.54) is 0 Å². The molecular formula is C15H21N3O2. The van der Waals surface area contributed by atoms with Crippen LogP contribution in [0.5, 0.6) is 5.75 Å². The predicted octanol–water partition coefficient (Wildman–Crippen LogP) is 2.72. The van der Waals surface area contributed by atoms with Crippen molar-refractivity contribution in [3.05, 3.63) is 36.7 Å². The summed E-state index contributed by atoms with van der Waals surface area (Å²) in [6, 6.07) is 7.96. The van der Waals surface area contributed by atoms with E-state index >= 15 is 0 Å². The van der Waals surface area contributed by atoms with Crippen LogP contribution in [0.1, 0.15) is 13.8 Å². The molecule has 0 amide bonds. The molecule has 0 radical (unpaired) electrons. The van der Waals surface area contributed by atoms with Crippen LogP contribution in [0.15, 0.2) is 36.7 Å². The summed E-state index contributed by atoms with van der Waals surface area (Å²) in [6.07, 6.45) is 3.88. The Morgan fingerprint density at radius 3 is 2.65 bits per heavy atom. The minimum Gasteiger partial charge on any atom is -0.491 e. The summed E-state index contributed by atoms with van der Waals surface area (Å²) >= 11 is 0. The molecule has 1 aromatic heterocycles. The summed E-state index contributed by atoms with van der Waals surface area (Å²) in [5, 5.41) is 3.24. The van der Waals surface area contributed by atoms with Crippen LogP contribution in [0.4, 0.5) is 5.95 Å². The monoisotopic (exact) mass is 275 g/mol. The van der Waals surface area contributed by atoms with Crippen molar-refractivity contribution in [2.75, 3.05) is 25.6 Å². The van der Waals surface area contributed by atoms with Crippen molar-refractivity contribution in [1.82, 2.24) is 9.55 Å². The van der Waals surface area contributed by atoms with E-state index in [0.29, 0.717) is 6.61 Å². The second-order valence-electron chi connectivity index (χ2n) is 4.70. The van der Waals surface area contributed by atoms with Gasteiger partial charge in [-0.25, -0.2) is 4.98 Å². The van der Waals surface area contributed by atoms with Gasteiger partial charge in [0.15, 0.2) is 0 Å². The summed E-state index contributed by atoms with van der Waals surface area (Å²) in [5.74, 6) is 1.68. The Kier molecular flexibility index (Phi) is 5.01. The van der Waals surface area contributed by atoms with Gasteiger partial charge < -0.3 is 14.8 Å². The molecule has 0 atom stereocenters. The highest BCUT2D eigenvalue weighted by Gasteiger charge is 2.05. The second-order valence-corrected chi connectivity index (χ2v) is 4.70. The molecule has 0 saturated carbocycles. The van der Waals surface area contributed by atoms with Gasteiger partial charge in [-0.3, -0.25) is 4.57 Å². The lowest BCUT2D eigenvalue weighted by molar-refractivity contribution is 0.210. The van der Waals surface area contributed by atoms with Gasteiger partial charge in [0, 0.05) is 31.7 Å². The minimum absolute atomic E-state index is 0.181. The normalized spacial score (nSPS) is 10.8. The number of aromatic nitrogens is 2. The molecule has 1 heterocycles. The number of nitrogens with one attached hydrogen (secondary N) is 1. The molecule has 1 aromatic carbocycles. The first-order chi connectivity index (χ1) is 9.70. The maximum atomic E-state index is 5.64. The van der Waals surface area contributed by atoms with Crippen LogP contribution in [-0.4, -0.2) is 35.9 Å². The van der Waals surface area contributed by atoms with Crippen molar-refractivity contribution in [1.29, 1.82) is 0 Å². The lowest BCUT2D eigenvalue weighted by atomic mass is 10.3. The summed E-state index contributed by atoms with van der Waals surface area (Å²) in [4.78, 5) is 4.30. The molecular weight excluding hydrogens is 254 g/mol. The number of nitrogens with zero attached hydrogens (tertiary/aromatic N) is 2. The third-order valence-corrected chi connectivity index (χ3v) is 2.72. The molecule has 0 saturated heterocycles. The Bertz CT molecular complexity index is 520. The summed E-state index contributed by atoms with van der Waals surface area (Å²) in [7, 11) is 1.68. The van der Waals surface area contributed by atoms with Crippen LogP contribution in [0.3, 0.4) is 0 Å². The zero-order chi connectivity index (χ0) is 14.4. The maximum Gasteiger partial charge on any atom is 0.207 e. The zero-order valence-corrected chi connectivity index (χ0v) is 12.2. The molecule has 1 N–H and O–H groups in total. The number of anilines is 1. The summed E-state index contributed by atoms with van der Waals surface area (Å²) < 4.78 is 12.7. The fourth-order valence-electron chi connectivity index (χ4n) is 1.86. The van der Waals surface area contributed by atoms with E-state index in [-0.39, 0.29) is 6.10 Å². The Hall–Kier alpha value is -2.01. The number of rotatable bonds is 7. The Morgan fingerprint density at radius 2 is 2.00 bits per heavy atom. The highest BCUT2D eigenvalue weighted by Crippen LogP contribution is 2.19.